The molecule has 1 fully saturated rings. The number of methoxy groups -OCH3 is 2. The summed E-state index contributed by atoms with van der Waals surface area (Å²) in [6.07, 6.45) is 1.30. The lowest BCUT2D eigenvalue weighted by atomic mass is 9.90. The Bertz CT molecular complexity index is 601. The number of ether oxygens (including phenoxy) is 5. The molecular weight excluding hydrogens is 362 g/mol. The average Bonchev–Trinajstić information content (AvgIpc) is 3.23. The number of hydrogen-bond acceptors (Lipinski definition) is 6. The lowest BCUT2D eigenvalue weighted by molar-refractivity contribution is 0.0688. The summed E-state index contributed by atoms with van der Waals surface area (Å²) in [5, 5.41) is 0. The summed E-state index contributed by atoms with van der Waals surface area (Å²) in [6, 6.07) is 5.97. The van der Waals surface area contributed by atoms with E-state index in [1.54, 1.807) is 19.1 Å². The van der Waals surface area contributed by atoms with Crippen LogP contribution in [0.4, 0.5) is 4.79 Å². The topological polar surface area (TPSA) is 66.5 Å². The van der Waals surface area contributed by atoms with Gasteiger partial charge in [-0.05, 0) is 36.0 Å². The molecule has 1 aromatic carbocycles. The minimum atomic E-state index is -0.306. The summed E-state index contributed by atoms with van der Waals surface area (Å²) < 4.78 is 27.1. The van der Waals surface area contributed by atoms with E-state index in [4.69, 9.17) is 23.7 Å². The molecule has 7 heteroatoms. The van der Waals surface area contributed by atoms with Crippen LogP contribution >= 0.6 is 0 Å². The number of benzene rings is 1. The Morgan fingerprint density at radius 3 is 2.68 bits per heavy atom. The van der Waals surface area contributed by atoms with Crippen molar-refractivity contribution in [3.05, 3.63) is 23.8 Å². The summed E-state index contributed by atoms with van der Waals surface area (Å²) in [4.78, 5) is 13.7. The quantitative estimate of drug-likeness (QED) is 0.536. The SMILES string of the molecule is COCCCOc1cc(C[C@H](COC(=O)N2CCOC2)C(C)C)ccc1OC. The third-order valence-corrected chi connectivity index (χ3v) is 4.85. The van der Waals surface area contributed by atoms with E-state index in [1.807, 2.05) is 18.2 Å². The van der Waals surface area contributed by atoms with Gasteiger partial charge in [-0.15, -0.1) is 0 Å². The van der Waals surface area contributed by atoms with Gasteiger partial charge in [0.1, 0.15) is 6.73 Å². The molecule has 1 aromatic rings. The molecule has 1 heterocycles. The van der Waals surface area contributed by atoms with E-state index in [2.05, 4.69) is 13.8 Å². The number of amides is 1. The zero-order valence-electron chi connectivity index (χ0n) is 17.4. The van der Waals surface area contributed by atoms with Gasteiger partial charge < -0.3 is 23.7 Å². The van der Waals surface area contributed by atoms with Crippen LogP contribution in [0.5, 0.6) is 11.5 Å². The molecule has 0 aliphatic carbocycles. The van der Waals surface area contributed by atoms with Crippen LogP contribution in [0.1, 0.15) is 25.8 Å². The summed E-state index contributed by atoms with van der Waals surface area (Å²) in [5.41, 5.74) is 1.13. The molecule has 7 nitrogen and oxygen atoms in total. The van der Waals surface area contributed by atoms with Crippen LogP contribution in [0.2, 0.25) is 0 Å². The molecule has 0 radical (unpaired) electrons. The molecule has 0 unspecified atom stereocenters. The van der Waals surface area contributed by atoms with E-state index in [1.165, 1.54) is 0 Å². The summed E-state index contributed by atoms with van der Waals surface area (Å²) in [6.45, 7) is 7.36. The molecule has 0 aromatic heterocycles. The van der Waals surface area contributed by atoms with E-state index in [9.17, 15) is 4.79 Å². The number of nitrogens with zero attached hydrogens (tertiary/aromatic N) is 1. The molecule has 0 spiro atoms. The fraction of sp³-hybridized carbons (Fsp3) is 0.667. The molecule has 28 heavy (non-hydrogen) atoms. The highest BCUT2D eigenvalue weighted by atomic mass is 16.6. The Labute approximate surface area is 167 Å². The van der Waals surface area contributed by atoms with E-state index in [-0.39, 0.29) is 12.0 Å². The fourth-order valence-corrected chi connectivity index (χ4v) is 2.96. The Morgan fingerprint density at radius 1 is 1.21 bits per heavy atom. The van der Waals surface area contributed by atoms with Crippen LogP contribution in [0.25, 0.3) is 0 Å². The monoisotopic (exact) mass is 395 g/mol. The van der Waals surface area contributed by atoms with Gasteiger partial charge in [0.25, 0.3) is 0 Å². The van der Waals surface area contributed by atoms with Crippen molar-refractivity contribution in [1.29, 1.82) is 0 Å². The standard InChI is InChI=1S/C21H33NO6/c1-16(2)18(14-28-21(23)22-8-11-26-15-22)12-17-6-7-19(25-4)20(13-17)27-10-5-9-24-3/h6-7,13,16,18H,5,8-12,14-15H2,1-4H3/t18-/m1/s1. The molecule has 0 saturated carbocycles. The molecule has 0 N–H and O–H groups in total. The first-order valence-electron chi connectivity index (χ1n) is 9.83. The van der Waals surface area contributed by atoms with Crippen molar-refractivity contribution < 1.29 is 28.5 Å². The predicted octanol–water partition coefficient (Wildman–Crippen LogP) is 3.35. The molecule has 2 rings (SSSR count). The van der Waals surface area contributed by atoms with Crippen LogP contribution in [-0.4, -0.2) is 64.9 Å². The highest BCUT2D eigenvalue weighted by Crippen LogP contribution is 2.30. The first kappa shape index (κ1) is 22.3. The molecule has 1 saturated heterocycles. The van der Waals surface area contributed by atoms with E-state index in [0.717, 1.165) is 24.2 Å². The molecule has 1 atom stereocenters. The predicted molar refractivity (Wildman–Crippen MR) is 106 cm³/mol. The van der Waals surface area contributed by atoms with Gasteiger partial charge in [-0.25, -0.2) is 4.79 Å². The van der Waals surface area contributed by atoms with Crippen LogP contribution in [0.3, 0.4) is 0 Å². The van der Waals surface area contributed by atoms with E-state index < -0.39 is 0 Å². The molecule has 1 aliphatic rings. The zero-order valence-corrected chi connectivity index (χ0v) is 17.4. The Kier molecular flexibility index (Phi) is 9.37. The number of carbonyl (C=O) groups is 1. The van der Waals surface area contributed by atoms with Crippen molar-refractivity contribution in [3.63, 3.8) is 0 Å². The van der Waals surface area contributed by atoms with Crippen molar-refractivity contribution in [2.75, 3.05) is 53.9 Å². The van der Waals surface area contributed by atoms with Gasteiger partial charge >= 0.3 is 6.09 Å². The minimum Gasteiger partial charge on any atom is -0.493 e. The summed E-state index contributed by atoms with van der Waals surface area (Å²) in [5.74, 6) is 2.02. The van der Waals surface area contributed by atoms with Crippen LogP contribution in [-0.2, 0) is 20.6 Å². The van der Waals surface area contributed by atoms with Gasteiger partial charge in [-0.3, -0.25) is 4.90 Å². The second-order valence-electron chi connectivity index (χ2n) is 7.27. The lowest BCUT2D eigenvalue weighted by Gasteiger charge is -2.23. The minimum absolute atomic E-state index is 0.210. The Balaban J connectivity index is 1.95. The van der Waals surface area contributed by atoms with Gasteiger partial charge in [0.2, 0.25) is 0 Å². The second-order valence-corrected chi connectivity index (χ2v) is 7.27. The zero-order chi connectivity index (χ0) is 20.4. The highest BCUT2D eigenvalue weighted by molar-refractivity contribution is 5.67. The maximum atomic E-state index is 12.1. The largest absolute Gasteiger partial charge is 0.493 e. The number of hydrogen-bond donors (Lipinski definition) is 0. The molecule has 1 amide bonds. The van der Waals surface area contributed by atoms with Crippen LogP contribution in [0, 0.1) is 11.8 Å². The Hall–Kier alpha value is -1.99. The molecule has 0 bridgehead atoms. The molecule has 158 valence electrons. The summed E-state index contributed by atoms with van der Waals surface area (Å²) in [7, 11) is 3.31. The normalized spacial score (nSPS) is 15.0. The maximum absolute atomic E-state index is 12.1. The average molecular weight is 395 g/mol. The lowest BCUT2D eigenvalue weighted by Crippen LogP contribution is -2.31. The molecule has 1 aliphatic heterocycles. The van der Waals surface area contributed by atoms with E-state index in [0.29, 0.717) is 51.4 Å². The smallest absolute Gasteiger partial charge is 0.411 e. The van der Waals surface area contributed by atoms with Crippen molar-refractivity contribution in [2.24, 2.45) is 11.8 Å². The second kappa shape index (κ2) is 11.8. The number of carbonyl (C=O) groups excluding carboxylic acids is 1. The van der Waals surface area contributed by atoms with Crippen molar-refractivity contribution in [3.8, 4) is 11.5 Å². The van der Waals surface area contributed by atoms with Gasteiger partial charge in [-0.2, -0.15) is 0 Å². The number of rotatable bonds is 11. The third-order valence-electron chi connectivity index (χ3n) is 4.85. The first-order chi connectivity index (χ1) is 13.5. The van der Waals surface area contributed by atoms with Gasteiger partial charge in [0, 0.05) is 26.7 Å². The molecular formula is C21H33NO6. The van der Waals surface area contributed by atoms with Gasteiger partial charge in [0.15, 0.2) is 11.5 Å². The van der Waals surface area contributed by atoms with Gasteiger partial charge in [0.05, 0.1) is 26.9 Å². The van der Waals surface area contributed by atoms with E-state index >= 15 is 0 Å². The van der Waals surface area contributed by atoms with Gasteiger partial charge in [-0.1, -0.05) is 19.9 Å². The third kappa shape index (κ3) is 6.87. The van der Waals surface area contributed by atoms with Crippen molar-refractivity contribution >= 4 is 6.09 Å². The van der Waals surface area contributed by atoms with Crippen LogP contribution < -0.4 is 9.47 Å². The van der Waals surface area contributed by atoms with Crippen LogP contribution in [0.15, 0.2) is 18.2 Å². The highest BCUT2D eigenvalue weighted by Gasteiger charge is 2.23. The Morgan fingerprint density at radius 2 is 2.04 bits per heavy atom. The first-order valence-corrected chi connectivity index (χ1v) is 9.83. The fourth-order valence-electron chi connectivity index (χ4n) is 2.96. The van der Waals surface area contributed by atoms with Crippen molar-refractivity contribution in [2.45, 2.75) is 26.7 Å². The summed E-state index contributed by atoms with van der Waals surface area (Å²) >= 11 is 0. The van der Waals surface area contributed by atoms with Crippen molar-refractivity contribution in [1.82, 2.24) is 4.90 Å². The maximum Gasteiger partial charge on any atom is 0.411 e.